The molecule has 0 saturated heterocycles. The summed E-state index contributed by atoms with van der Waals surface area (Å²) in [5.74, 6) is -0.230. The summed E-state index contributed by atoms with van der Waals surface area (Å²) in [5.41, 5.74) is 12.3. The van der Waals surface area contributed by atoms with Gasteiger partial charge in [0.2, 0.25) is 0 Å². The van der Waals surface area contributed by atoms with Crippen LogP contribution in [0.1, 0.15) is 66.1 Å². The molecule has 34 heavy (non-hydrogen) atoms. The molecule has 3 aromatic rings. The van der Waals surface area contributed by atoms with Crippen molar-refractivity contribution in [3.05, 3.63) is 88.2 Å². The van der Waals surface area contributed by atoms with Gasteiger partial charge in [0, 0.05) is 40.4 Å². The first-order valence-corrected chi connectivity index (χ1v) is 11.8. The molecule has 0 fully saturated rings. The summed E-state index contributed by atoms with van der Waals surface area (Å²) in [4.78, 5) is 15.2. The Morgan fingerprint density at radius 2 is 1.74 bits per heavy atom. The summed E-state index contributed by atoms with van der Waals surface area (Å²) in [6, 6.07) is 16.2. The SMILES string of the molecule is CCN1c2cc(C)c(/C=N\NC(=O)c3cccc(-n4c(C)ccc4C)c3)cc2C(C)=CC1(C)C. The second-order valence-corrected chi connectivity index (χ2v) is 9.65. The number of nitrogens with one attached hydrogen (secondary N) is 1. The lowest BCUT2D eigenvalue weighted by molar-refractivity contribution is 0.0955. The average Bonchev–Trinajstić information content (AvgIpc) is 3.12. The highest BCUT2D eigenvalue weighted by Crippen LogP contribution is 2.39. The van der Waals surface area contributed by atoms with E-state index in [-0.39, 0.29) is 11.4 Å². The van der Waals surface area contributed by atoms with Gasteiger partial charge in [-0.25, -0.2) is 5.43 Å². The highest BCUT2D eigenvalue weighted by Gasteiger charge is 2.30. The van der Waals surface area contributed by atoms with Crippen LogP contribution in [0.15, 0.2) is 59.7 Å². The molecule has 4 rings (SSSR count). The molecule has 0 bridgehead atoms. The quantitative estimate of drug-likeness (QED) is 0.369. The molecule has 1 aliphatic rings. The van der Waals surface area contributed by atoms with Crippen LogP contribution in [0.2, 0.25) is 0 Å². The average molecular weight is 455 g/mol. The highest BCUT2D eigenvalue weighted by atomic mass is 16.2. The number of hydrogen-bond donors (Lipinski definition) is 1. The van der Waals surface area contributed by atoms with Gasteiger partial charge in [-0.15, -0.1) is 0 Å². The Balaban J connectivity index is 1.55. The standard InChI is InChI=1S/C29H34N4O/c1-8-32-27-14-19(2)24(16-26(27)20(3)17-29(32,6)7)18-30-31-28(34)23-10-9-11-25(15-23)33-21(4)12-13-22(33)5/h9-18H,8H2,1-7H3,(H,31,34)/b30-18-. The van der Waals surface area contributed by atoms with E-state index >= 15 is 0 Å². The van der Waals surface area contributed by atoms with Crippen molar-refractivity contribution in [1.82, 2.24) is 9.99 Å². The van der Waals surface area contributed by atoms with Crippen LogP contribution in [-0.2, 0) is 0 Å². The molecule has 0 aliphatic carbocycles. The van der Waals surface area contributed by atoms with Gasteiger partial charge in [-0.2, -0.15) is 5.10 Å². The van der Waals surface area contributed by atoms with Gasteiger partial charge in [0.15, 0.2) is 0 Å². The molecule has 2 heterocycles. The number of nitrogens with zero attached hydrogens (tertiary/aromatic N) is 3. The number of hydrazone groups is 1. The summed E-state index contributed by atoms with van der Waals surface area (Å²) < 4.78 is 2.13. The zero-order valence-electron chi connectivity index (χ0n) is 21.2. The highest BCUT2D eigenvalue weighted by molar-refractivity contribution is 5.96. The van der Waals surface area contributed by atoms with E-state index in [1.807, 2.05) is 24.3 Å². The van der Waals surface area contributed by atoms with Crippen LogP contribution in [-0.4, -0.2) is 28.8 Å². The predicted molar refractivity (Wildman–Crippen MR) is 142 cm³/mol. The first-order valence-electron chi connectivity index (χ1n) is 11.8. The molecule has 5 heteroatoms. The first kappa shape index (κ1) is 23.6. The van der Waals surface area contributed by atoms with Crippen molar-refractivity contribution in [3.63, 3.8) is 0 Å². The number of hydrogen-bond acceptors (Lipinski definition) is 3. The number of allylic oxidation sites excluding steroid dienone is 1. The summed E-state index contributed by atoms with van der Waals surface area (Å²) in [7, 11) is 0. The summed E-state index contributed by atoms with van der Waals surface area (Å²) in [5, 5.41) is 4.28. The van der Waals surface area contributed by atoms with Gasteiger partial charge in [-0.05, 0) is 108 Å². The van der Waals surface area contributed by atoms with Gasteiger partial charge < -0.3 is 9.47 Å². The maximum absolute atomic E-state index is 12.8. The molecule has 0 radical (unpaired) electrons. The van der Waals surface area contributed by atoms with Gasteiger partial charge in [0.05, 0.1) is 11.8 Å². The van der Waals surface area contributed by atoms with Crippen LogP contribution in [0.5, 0.6) is 0 Å². The summed E-state index contributed by atoms with van der Waals surface area (Å²) in [6.07, 6.45) is 4.05. The Morgan fingerprint density at radius 3 is 2.41 bits per heavy atom. The van der Waals surface area contributed by atoms with Crippen LogP contribution >= 0.6 is 0 Å². The number of anilines is 1. The van der Waals surface area contributed by atoms with E-state index in [0.29, 0.717) is 5.56 Å². The molecule has 0 saturated carbocycles. The molecule has 0 spiro atoms. The maximum Gasteiger partial charge on any atom is 0.271 e. The van der Waals surface area contributed by atoms with Crippen molar-refractivity contribution in [3.8, 4) is 5.69 Å². The molecular weight excluding hydrogens is 420 g/mol. The van der Waals surface area contributed by atoms with E-state index in [1.165, 1.54) is 16.8 Å². The number of aryl methyl sites for hydroxylation is 3. The summed E-state index contributed by atoms with van der Waals surface area (Å²) in [6.45, 7) is 16.0. The number of rotatable bonds is 5. The van der Waals surface area contributed by atoms with Crippen molar-refractivity contribution in [2.24, 2.45) is 5.10 Å². The lowest BCUT2D eigenvalue weighted by atomic mass is 9.87. The van der Waals surface area contributed by atoms with E-state index in [1.54, 1.807) is 6.21 Å². The molecule has 176 valence electrons. The zero-order chi connectivity index (χ0) is 24.6. The van der Waals surface area contributed by atoms with Crippen molar-refractivity contribution in [2.75, 3.05) is 11.4 Å². The molecule has 0 atom stereocenters. The van der Waals surface area contributed by atoms with Crippen molar-refractivity contribution in [1.29, 1.82) is 0 Å². The van der Waals surface area contributed by atoms with E-state index in [2.05, 4.69) is 98.8 Å². The first-order chi connectivity index (χ1) is 16.1. The van der Waals surface area contributed by atoms with Crippen LogP contribution in [0, 0.1) is 20.8 Å². The van der Waals surface area contributed by atoms with E-state index < -0.39 is 0 Å². The van der Waals surface area contributed by atoms with Crippen molar-refractivity contribution in [2.45, 2.75) is 54.0 Å². The molecular formula is C29H34N4O. The number of fused-ring (bicyclic) bond motifs is 1. The Kier molecular flexibility index (Phi) is 6.22. The van der Waals surface area contributed by atoms with E-state index in [0.717, 1.165) is 34.7 Å². The minimum absolute atomic E-state index is 0.0197. The van der Waals surface area contributed by atoms with Crippen LogP contribution < -0.4 is 10.3 Å². The summed E-state index contributed by atoms with van der Waals surface area (Å²) >= 11 is 0. The topological polar surface area (TPSA) is 49.6 Å². The number of carbonyl (C=O) groups excluding carboxylic acids is 1. The lowest BCUT2D eigenvalue weighted by Gasteiger charge is -2.43. The number of benzene rings is 2. The fourth-order valence-corrected chi connectivity index (χ4v) is 5.05. The largest absolute Gasteiger partial charge is 0.363 e. The normalized spacial score (nSPS) is 14.8. The fraction of sp³-hybridized carbons (Fsp3) is 0.310. The van der Waals surface area contributed by atoms with Gasteiger partial charge in [0.25, 0.3) is 5.91 Å². The third-order valence-corrected chi connectivity index (χ3v) is 6.69. The molecule has 5 nitrogen and oxygen atoms in total. The Hall–Kier alpha value is -3.60. The smallest absolute Gasteiger partial charge is 0.271 e. The van der Waals surface area contributed by atoms with Gasteiger partial charge in [0.1, 0.15) is 0 Å². The van der Waals surface area contributed by atoms with E-state index in [9.17, 15) is 4.79 Å². The number of amides is 1. The second-order valence-electron chi connectivity index (χ2n) is 9.65. The Labute approximate surface area is 202 Å². The van der Waals surface area contributed by atoms with Crippen LogP contribution in [0.25, 0.3) is 11.3 Å². The molecule has 1 aromatic heterocycles. The second kappa shape index (κ2) is 8.98. The van der Waals surface area contributed by atoms with E-state index in [4.69, 9.17) is 0 Å². The Morgan fingerprint density at radius 1 is 1.03 bits per heavy atom. The third kappa shape index (κ3) is 4.30. The van der Waals surface area contributed by atoms with Gasteiger partial charge >= 0.3 is 0 Å². The number of likely N-dealkylation sites (N-methyl/N-ethyl adjacent to an activating group) is 1. The van der Waals surface area contributed by atoms with Crippen LogP contribution in [0.3, 0.4) is 0 Å². The molecule has 1 N–H and O–H groups in total. The van der Waals surface area contributed by atoms with Crippen molar-refractivity contribution >= 4 is 23.4 Å². The fourth-order valence-electron chi connectivity index (χ4n) is 5.05. The number of carbonyl (C=O) groups is 1. The Bertz CT molecular complexity index is 1290. The third-order valence-electron chi connectivity index (χ3n) is 6.69. The molecule has 1 amide bonds. The lowest BCUT2D eigenvalue weighted by Crippen LogP contribution is -2.45. The minimum atomic E-state index is -0.230. The van der Waals surface area contributed by atoms with Gasteiger partial charge in [-0.1, -0.05) is 12.1 Å². The molecule has 2 aromatic carbocycles. The van der Waals surface area contributed by atoms with Gasteiger partial charge in [-0.3, -0.25) is 4.79 Å². The monoisotopic (exact) mass is 454 g/mol. The predicted octanol–water partition coefficient (Wildman–Crippen LogP) is 6.19. The van der Waals surface area contributed by atoms with Crippen molar-refractivity contribution < 1.29 is 4.79 Å². The zero-order valence-corrected chi connectivity index (χ0v) is 21.2. The maximum atomic E-state index is 12.8. The molecule has 0 unspecified atom stereocenters. The minimum Gasteiger partial charge on any atom is -0.363 e. The molecule has 1 aliphatic heterocycles. The number of aromatic nitrogens is 1. The van der Waals surface area contributed by atoms with Crippen LogP contribution in [0.4, 0.5) is 5.69 Å².